The normalized spacial score (nSPS) is 9.07. The zero-order valence-electron chi connectivity index (χ0n) is 10.6. The summed E-state index contributed by atoms with van der Waals surface area (Å²) in [6.07, 6.45) is 14.5. The molecule has 0 aliphatic rings. The topological polar surface area (TPSA) is 0 Å². The quantitative estimate of drug-likeness (QED) is 0.328. The van der Waals surface area contributed by atoms with Gasteiger partial charge in [-0.15, -0.1) is 6.58 Å². The highest BCUT2D eigenvalue weighted by molar-refractivity contribution is 4.65. The molecule has 0 aliphatic heterocycles. The molecule has 86 valence electrons. The molecule has 0 bridgehead atoms. The van der Waals surface area contributed by atoms with Crippen LogP contribution in [0.25, 0.3) is 0 Å². The SMILES string of the molecule is C=CCCCCCCCCCC.CC. The summed E-state index contributed by atoms with van der Waals surface area (Å²) < 4.78 is 0. The second-order valence-electron chi connectivity index (χ2n) is 3.55. The minimum absolute atomic E-state index is 1.20. The third kappa shape index (κ3) is 17.7. The molecule has 14 heavy (non-hydrogen) atoms. The van der Waals surface area contributed by atoms with Gasteiger partial charge in [0.1, 0.15) is 0 Å². The van der Waals surface area contributed by atoms with Crippen LogP contribution in [0.1, 0.15) is 78.6 Å². The van der Waals surface area contributed by atoms with E-state index < -0.39 is 0 Å². The molecule has 0 aromatic rings. The molecule has 0 heterocycles. The Labute approximate surface area is 91.8 Å². The molecule has 0 saturated carbocycles. The summed E-state index contributed by atoms with van der Waals surface area (Å²) >= 11 is 0. The number of hydrogen-bond acceptors (Lipinski definition) is 0. The van der Waals surface area contributed by atoms with Crippen LogP contribution in [0, 0.1) is 0 Å². The van der Waals surface area contributed by atoms with E-state index in [0.717, 1.165) is 0 Å². The molecule has 0 atom stereocenters. The lowest BCUT2D eigenvalue weighted by molar-refractivity contribution is 0.578. The number of rotatable bonds is 9. The minimum Gasteiger partial charge on any atom is -0.103 e. The van der Waals surface area contributed by atoms with Gasteiger partial charge in [-0.3, -0.25) is 0 Å². The van der Waals surface area contributed by atoms with Crippen LogP contribution in [0.5, 0.6) is 0 Å². The van der Waals surface area contributed by atoms with Gasteiger partial charge in [0.2, 0.25) is 0 Å². The fourth-order valence-electron chi connectivity index (χ4n) is 1.42. The van der Waals surface area contributed by atoms with Crippen molar-refractivity contribution < 1.29 is 0 Å². The largest absolute Gasteiger partial charge is 0.103 e. The van der Waals surface area contributed by atoms with Gasteiger partial charge in [0, 0.05) is 0 Å². The Hall–Kier alpha value is -0.260. The van der Waals surface area contributed by atoms with E-state index in [9.17, 15) is 0 Å². The summed E-state index contributed by atoms with van der Waals surface area (Å²) in [6.45, 7) is 9.99. The van der Waals surface area contributed by atoms with Crippen LogP contribution in [-0.2, 0) is 0 Å². The van der Waals surface area contributed by atoms with Gasteiger partial charge in [0.25, 0.3) is 0 Å². The Balaban J connectivity index is 0. The van der Waals surface area contributed by atoms with E-state index >= 15 is 0 Å². The van der Waals surface area contributed by atoms with Gasteiger partial charge in [-0.25, -0.2) is 0 Å². The van der Waals surface area contributed by atoms with Gasteiger partial charge >= 0.3 is 0 Å². The van der Waals surface area contributed by atoms with Gasteiger partial charge in [-0.1, -0.05) is 71.8 Å². The average molecular weight is 198 g/mol. The maximum absolute atomic E-state index is 3.72. The molecule has 0 spiro atoms. The molecular formula is C14H30. The first kappa shape index (κ1) is 16.2. The van der Waals surface area contributed by atoms with Gasteiger partial charge < -0.3 is 0 Å². The first-order valence-corrected chi connectivity index (χ1v) is 6.52. The van der Waals surface area contributed by atoms with E-state index in [4.69, 9.17) is 0 Å². The molecule has 0 amide bonds. The summed E-state index contributed by atoms with van der Waals surface area (Å²) in [5.41, 5.74) is 0. The van der Waals surface area contributed by atoms with Crippen LogP contribution in [0.2, 0.25) is 0 Å². The molecule has 0 unspecified atom stereocenters. The standard InChI is InChI=1S/C12H24.C2H6/c1-3-5-7-9-11-12-10-8-6-4-2;1-2/h3H,1,4-12H2,2H3;1-2H3. The maximum atomic E-state index is 3.72. The lowest BCUT2D eigenvalue weighted by Gasteiger charge is -1.99. The Bertz CT molecular complexity index is 84.0. The molecule has 0 fully saturated rings. The molecule has 0 N–H and O–H groups in total. The second kappa shape index (κ2) is 18.5. The zero-order valence-corrected chi connectivity index (χ0v) is 10.6. The Morgan fingerprint density at radius 1 is 0.786 bits per heavy atom. The molecule has 0 radical (unpaired) electrons. The van der Waals surface area contributed by atoms with Crippen molar-refractivity contribution in [1.29, 1.82) is 0 Å². The summed E-state index contributed by atoms with van der Waals surface area (Å²) in [7, 11) is 0. The van der Waals surface area contributed by atoms with Crippen LogP contribution in [0.4, 0.5) is 0 Å². The summed E-state index contributed by atoms with van der Waals surface area (Å²) in [5.74, 6) is 0. The minimum atomic E-state index is 1.20. The maximum Gasteiger partial charge on any atom is -0.0353 e. The highest BCUT2D eigenvalue weighted by Crippen LogP contribution is 2.09. The van der Waals surface area contributed by atoms with Crippen LogP contribution in [0.15, 0.2) is 12.7 Å². The predicted molar refractivity (Wildman–Crippen MR) is 68.8 cm³/mol. The van der Waals surface area contributed by atoms with Crippen molar-refractivity contribution in [3.8, 4) is 0 Å². The summed E-state index contributed by atoms with van der Waals surface area (Å²) in [5, 5.41) is 0. The van der Waals surface area contributed by atoms with Crippen molar-refractivity contribution in [1.82, 2.24) is 0 Å². The van der Waals surface area contributed by atoms with E-state index in [1.165, 1.54) is 57.8 Å². The smallest absolute Gasteiger partial charge is 0.0353 e. The molecule has 0 rings (SSSR count). The highest BCUT2D eigenvalue weighted by atomic mass is 14.0. The Kier molecular flexibility index (Phi) is 21.4. The van der Waals surface area contributed by atoms with E-state index in [0.29, 0.717) is 0 Å². The van der Waals surface area contributed by atoms with E-state index in [1.54, 1.807) is 0 Å². The molecule has 0 aromatic carbocycles. The van der Waals surface area contributed by atoms with Crippen LogP contribution in [0.3, 0.4) is 0 Å². The number of hydrogen-bond donors (Lipinski definition) is 0. The zero-order chi connectivity index (χ0) is 11.1. The lowest BCUT2D eigenvalue weighted by Crippen LogP contribution is -1.79. The predicted octanol–water partition coefficient (Wildman–Crippen LogP) is 5.73. The number of allylic oxidation sites excluding steroid dienone is 1. The lowest BCUT2D eigenvalue weighted by atomic mass is 10.1. The Morgan fingerprint density at radius 2 is 1.21 bits per heavy atom. The average Bonchev–Trinajstić information content (AvgIpc) is 2.25. The van der Waals surface area contributed by atoms with Gasteiger partial charge in [-0.05, 0) is 12.8 Å². The molecule has 0 nitrogen and oxygen atoms in total. The van der Waals surface area contributed by atoms with E-state index in [2.05, 4.69) is 13.5 Å². The third-order valence-electron chi connectivity index (χ3n) is 2.26. The van der Waals surface area contributed by atoms with Gasteiger partial charge in [0.15, 0.2) is 0 Å². The fourth-order valence-corrected chi connectivity index (χ4v) is 1.42. The van der Waals surface area contributed by atoms with Crippen molar-refractivity contribution in [2.24, 2.45) is 0 Å². The molecular weight excluding hydrogens is 168 g/mol. The Morgan fingerprint density at radius 3 is 1.64 bits per heavy atom. The summed E-state index contributed by atoms with van der Waals surface area (Å²) in [6, 6.07) is 0. The van der Waals surface area contributed by atoms with E-state index in [1.807, 2.05) is 19.9 Å². The van der Waals surface area contributed by atoms with Crippen molar-refractivity contribution in [3.63, 3.8) is 0 Å². The first-order valence-electron chi connectivity index (χ1n) is 6.52. The van der Waals surface area contributed by atoms with Crippen molar-refractivity contribution in [2.45, 2.75) is 78.6 Å². The van der Waals surface area contributed by atoms with E-state index in [-0.39, 0.29) is 0 Å². The fraction of sp³-hybridized carbons (Fsp3) is 0.857. The van der Waals surface area contributed by atoms with Crippen LogP contribution in [-0.4, -0.2) is 0 Å². The van der Waals surface area contributed by atoms with Crippen LogP contribution >= 0.6 is 0 Å². The monoisotopic (exact) mass is 198 g/mol. The van der Waals surface area contributed by atoms with Crippen LogP contribution < -0.4 is 0 Å². The summed E-state index contributed by atoms with van der Waals surface area (Å²) in [4.78, 5) is 0. The highest BCUT2D eigenvalue weighted by Gasteiger charge is 1.89. The first-order chi connectivity index (χ1) is 6.91. The van der Waals surface area contributed by atoms with Crippen molar-refractivity contribution in [2.75, 3.05) is 0 Å². The second-order valence-corrected chi connectivity index (χ2v) is 3.55. The van der Waals surface area contributed by atoms with Crippen molar-refractivity contribution >= 4 is 0 Å². The third-order valence-corrected chi connectivity index (χ3v) is 2.26. The van der Waals surface area contributed by atoms with Gasteiger partial charge in [0.05, 0.1) is 0 Å². The molecule has 0 aromatic heterocycles. The van der Waals surface area contributed by atoms with Gasteiger partial charge in [-0.2, -0.15) is 0 Å². The molecule has 0 saturated heterocycles. The molecule has 0 heteroatoms. The molecule has 0 aliphatic carbocycles. The number of unbranched alkanes of at least 4 members (excludes halogenated alkanes) is 8. The van der Waals surface area contributed by atoms with Crippen molar-refractivity contribution in [3.05, 3.63) is 12.7 Å².